The summed E-state index contributed by atoms with van der Waals surface area (Å²) in [6.07, 6.45) is -0.0127. The Hall–Kier alpha value is -0.930. The van der Waals surface area contributed by atoms with Gasteiger partial charge in [-0.2, -0.15) is 0 Å². The molecule has 0 radical (unpaired) electrons. The Morgan fingerprint density at radius 1 is 1.50 bits per heavy atom. The fourth-order valence-corrected chi connectivity index (χ4v) is 1.99. The summed E-state index contributed by atoms with van der Waals surface area (Å²) in [7, 11) is 0. The normalized spacial score (nSPS) is 15.8. The molecule has 1 aliphatic rings. The number of amides is 1. The number of hydrogen-bond donors (Lipinski definition) is 0. The summed E-state index contributed by atoms with van der Waals surface area (Å²) in [5.41, 5.74) is 0.989. The minimum Gasteiger partial charge on any atom is -0.485 e. The molecule has 0 unspecified atom stereocenters. The van der Waals surface area contributed by atoms with E-state index in [1.165, 1.54) is 4.90 Å². The summed E-state index contributed by atoms with van der Waals surface area (Å²) in [4.78, 5) is 12.3. The third-order valence-corrected chi connectivity index (χ3v) is 3.08. The van der Waals surface area contributed by atoms with Gasteiger partial charge in [0.15, 0.2) is 0 Å². The monoisotopic (exact) mass is 259 g/mol. The Labute approximate surface area is 104 Å². The maximum absolute atomic E-state index is 10.8. The van der Waals surface area contributed by atoms with E-state index in [1.807, 2.05) is 19.1 Å². The first-order chi connectivity index (χ1) is 7.58. The zero-order chi connectivity index (χ0) is 11.7. The number of carbonyl (C=O) groups excluding carboxylic acids is 1. The van der Waals surface area contributed by atoms with Crippen molar-refractivity contribution in [3.8, 4) is 5.75 Å². The summed E-state index contributed by atoms with van der Waals surface area (Å²) in [5, 5.41) is 0.159. The van der Waals surface area contributed by atoms with Crippen molar-refractivity contribution in [1.29, 1.82) is 0 Å². The number of likely N-dealkylation sites (tertiary alicyclic amines) is 1. The average Bonchev–Trinajstić information content (AvgIpc) is 2.13. The van der Waals surface area contributed by atoms with Crippen LogP contribution < -0.4 is 4.74 Å². The average molecular weight is 260 g/mol. The standard InChI is InChI=1S/C11H11Cl2NO2/c1-7-3-2-4-9(12)10(7)16-8-5-14(6-8)11(13)15/h2-4,8H,5-6H2,1H3. The minimum absolute atomic E-state index is 0.0127. The van der Waals surface area contributed by atoms with Crippen molar-refractivity contribution in [2.45, 2.75) is 13.0 Å². The van der Waals surface area contributed by atoms with E-state index in [-0.39, 0.29) is 6.10 Å². The largest absolute Gasteiger partial charge is 0.485 e. The van der Waals surface area contributed by atoms with Crippen molar-refractivity contribution in [3.63, 3.8) is 0 Å². The lowest BCUT2D eigenvalue weighted by Crippen LogP contribution is -2.54. The lowest BCUT2D eigenvalue weighted by molar-refractivity contribution is 0.0527. The molecule has 2 rings (SSSR count). The molecule has 0 atom stereocenters. The van der Waals surface area contributed by atoms with E-state index in [0.717, 1.165) is 5.56 Å². The first-order valence-electron chi connectivity index (χ1n) is 4.94. The van der Waals surface area contributed by atoms with Gasteiger partial charge in [0.25, 0.3) is 0 Å². The van der Waals surface area contributed by atoms with Gasteiger partial charge in [-0.25, -0.2) is 0 Å². The van der Waals surface area contributed by atoms with E-state index in [2.05, 4.69) is 0 Å². The van der Waals surface area contributed by atoms with Crippen LogP contribution in [0, 0.1) is 6.92 Å². The Morgan fingerprint density at radius 2 is 2.19 bits per heavy atom. The second kappa shape index (κ2) is 4.52. The summed E-state index contributed by atoms with van der Waals surface area (Å²) >= 11 is 11.3. The number of hydrogen-bond acceptors (Lipinski definition) is 2. The number of halogens is 2. The van der Waals surface area contributed by atoms with Crippen molar-refractivity contribution in [2.24, 2.45) is 0 Å². The summed E-state index contributed by atoms with van der Waals surface area (Å²) < 4.78 is 5.71. The maximum Gasteiger partial charge on any atom is 0.316 e. The highest BCUT2D eigenvalue weighted by molar-refractivity contribution is 6.62. The van der Waals surface area contributed by atoms with Gasteiger partial charge in [0.05, 0.1) is 18.1 Å². The SMILES string of the molecule is Cc1cccc(Cl)c1OC1CN(C(=O)Cl)C1. The molecule has 86 valence electrons. The van der Waals surface area contributed by atoms with Gasteiger partial charge in [-0.1, -0.05) is 23.7 Å². The molecule has 1 heterocycles. The van der Waals surface area contributed by atoms with E-state index >= 15 is 0 Å². The van der Waals surface area contributed by atoms with Crippen LogP contribution in [0.3, 0.4) is 0 Å². The van der Waals surface area contributed by atoms with Crippen molar-refractivity contribution < 1.29 is 9.53 Å². The highest BCUT2D eigenvalue weighted by atomic mass is 35.5. The van der Waals surface area contributed by atoms with Gasteiger partial charge in [0.1, 0.15) is 11.9 Å². The number of rotatable bonds is 2. The van der Waals surface area contributed by atoms with Gasteiger partial charge in [0, 0.05) is 0 Å². The van der Waals surface area contributed by atoms with E-state index in [9.17, 15) is 4.79 Å². The lowest BCUT2D eigenvalue weighted by Gasteiger charge is -2.37. The Balaban J connectivity index is 1.99. The lowest BCUT2D eigenvalue weighted by atomic mass is 10.1. The second-order valence-corrected chi connectivity index (χ2v) is 4.51. The van der Waals surface area contributed by atoms with Crippen molar-refractivity contribution in [3.05, 3.63) is 28.8 Å². The molecule has 16 heavy (non-hydrogen) atoms. The van der Waals surface area contributed by atoms with Crippen LogP contribution in [0.5, 0.6) is 5.75 Å². The van der Waals surface area contributed by atoms with Gasteiger partial charge in [0.2, 0.25) is 0 Å². The molecule has 1 fully saturated rings. The fraction of sp³-hybridized carbons (Fsp3) is 0.364. The molecule has 0 aliphatic carbocycles. The van der Waals surface area contributed by atoms with Crippen molar-refractivity contribution in [1.82, 2.24) is 4.90 Å². The van der Waals surface area contributed by atoms with Crippen LogP contribution in [0.15, 0.2) is 18.2 Å². The first-order valence-corrected chi connectivity index (χ1v) is 5.69. The molecule has 0 saturated carbocycles. The molecule has 0 aromatic heterocycles. The molecule has 0 spiro atoms. The molecule has 0 N–H and O–H groups in total. The summed E-state index contributed by atoms with van der Waals surface area (Å²) in [5.74, 6) is 0.691. The van der Waals surface area contributed by atoms with Gasteiger partial charge in [-0.15, -0.1) is 0 Å². The van der Waals surface area contributed by atoms with Crippen LogP contribution in [0.1, 0.15) is 5.56 Å². The molecular weight excluding hydrogens is 249 g/mol. The van der Waals surface area contributed by atoms with Crippen LogP contribution in [0.4, 0.5) is 4.79 Å². The fourth-order valence-electron chi connectivity index (χ4n) is 1.59. The van der Waals surface area contributed by atoms with Crippen molar-refractivity contribution >= 4 is 28.6 Å². The molecule has 0 bridgehead atoms. The highest BCUT2D eigenvalue weighted by Gasteiger charge is 2.31. The third kappa shape index (κ3) is 2.25. The molecule has 5 heteroatoms. The van der Waals surface area contributed by atoms with Crippen LogP contribution in [-0.2, 0) is 0 Å². The first kappa shape index (κ1) is 11.6. The Morgan fingerprint density at radius 3 is 2.75 bits per heavy atom. The van der Waals surface area contributed by atoms with Gasteiger partial charge < -0.3 is 9.64 Å². The molecule has 3 nitrogen and oxygen atoms in total. The Kier molecular flexibility index (Phi) is 3.26. The molecule has 1 aromatic rings. The number of para-hydroxylation sites is 1. The topological polar surface area (TPSA) is 29.5 Å². The van der Waals surface area contributed by atoms with Crippen LogP contribution in [-0.4, -0.2) is 29.5 Å². The minimum atomic E-state index is -0.435. The van der Waals surface area contributed by atoms with E-state index in [4.69, 9.17) is 27.9 Å². The zero-order valence-corrected chi connectivity index (χ0v) is 10.3. The van der Waals surface area contributed by atoms with Crippen molar-refractivity contribution in [2.75, 3.05) is 13.1 Å². The smallest absolute Gasteiger partial charge is 0.316 e. The van der Waals surface area contributed by atoms with Gasteiger partial charge >= 0.3 is 5.37 Å². The molecular formula is C11H11Cl2NO2. The molecule has 1 amide bonds. The molecule has 1 aromatic carbocycles. The van der Waals surface area contributed by atoms with E-state index in [0.29, 0.717) is 23.9 Å². The second-order valence-electron chi connectivity index (χ2n) is 3.78. The van der Waals surface area contributed by atoms with Crippen LogP contribution >= 0.6 is 23.2 Å². The van der Waals surface area contributed by atoms with E-state index < -0.39 is 5.37 Å². The maximum atomic E-state index is 10.8. The Bertz CT molecular complexity index is 396. The number of aryl methyl sites for hydroxylation is 1. The predicted molar refractivity (Wildman–Crippen MR) is 63.4 cm³/mol. The number of carbonyl (C=O) groups is 1. The number of ether oxygens (including phenoxy) is 1. The van der Waals surface area contributed by atoms with E-state index in [1.54, 1.807) is 6.07 Å². The van der Waals surface area contributed by atoms with Gasteiger partial charge in [-0.3, -0.25) is 4.79 Å². The molecule has 1 saturated heterocycles. The predicted octanol–water partition coefficient (Wildman–Crippen LogP) is 3.07. The molecule has 1 aliphatic heterocycles. The van der Waals surface area contributed by atoms with Gasteiger partial charge in [-0.05, 0) is 30.2 Å². The summed E-state index contributed by atoms with van der Waals surface area (Å²) in [6.45, 7) is 2.98. The van der Waals surface area contributed by atoms with Crippen LogP contribution in [0.2, 0.25) is 5.02 Å². The zero-order valence-electron chi connectivity index (χ0n) is 8.74. The summed E-state index contributed by atoms with van der Waals surface area (Å²) in [6, 6.07) is 5.59. The number of benzene rings is 1. The highest BCUT2D eigenvalue weighted by Crippen LogP contribution is 2.30. The number of nitrogens with zero attached hydrogens (tertiary/aromatic N) is 1. The quantitative estimate of drug-likeness (QED) is 0.604. The van der Waals surface area contributed by atoms with Crippen LogP contribution in [0.25, 0.3) is 0 Å². The third-order valence-electron chi connectivity index (χ3n) is 2.55.